The summed E-state index contributed by atoms with van der Waals surface area (Å²) in [6, 6.07) is 0. The van der Waals surface area contributed by atoms with Crippen molar-refractivity contribution in [2.45, 2.75) is 12.3 Å². The molecule has 0 heterocycles. The maximum atomic E-state index is 11.4. The number of hydrogen-bond acceptors (Lipinski definition) is 2. The van der Waals surface area contributed by atoms with Gasteiger partial charge in [-0.2, -0.15) is 8.78 Å². The Morgan fingerprint density at radius 1 is 1.50 bits per heavy atom. The third-order valence-electron chi connectivity index (χ3n) is 0.537. The third-order valence-corrected chi connectivity index (χ3v) is 0.537. The van der Waals surface area contributed by atoms with Gasteiger partial charge in [-0.25, -0.2) is 4.39 Å². The van der Waals surface area contributed by atoms with E-state index in [1.54, 1.807) is 0 Å². The molecule has 0 amide bonds. The molecule has 0 spiro atoms. The van der Waals surface area contributed by atoms with Crippen LogP contribution in [0.4, 0.5) is 13.2 Å². The Balaban J connectivity index is 3.62. The fourth-order valence-electron chi connectivity index (χ4n) is 0.110. The maximum Gasteiger partial charge on any atom is 0.386 e. The van der Waals surface area contributed by atoms with E-state index in [4.69, 9.17) is 10.2 Å². The fourth-order valence-corrected chi connectivity index (χ4v) is 0.110. The minimum atomic E-state index is -4.41. The van der Waals surface area contributed by atoms with Gasteiger partial charge in [0.2, 0.25) is 6.17 Å². The van der Waals surface area contributed by atoms with E-state index in [-0.39, 0.29) is 0 Å². The Morgan fingerprint density at radius 3 is 1.88 bits per heavy atom. The molecule has 0 radical (unpaired) electrons. The van der Waals surface area contributed by atoms with E-state index in [9.17, 15) is 13.2 Å². The molecule has 5 heteroatoms. The second-order valence-electron chi connectivity index (χ2n) is 1.24. The molecule has 2 N–H and O–H groups in total. The summed E-state index contributed by atoms with van der Waals surface area (Å²) in [5, 5.41) is 15.1. The van der Waals surface area contributed by atoms with Gasteiger partial charge in [-0.1, -0.05) is 0 Å². The van der Waals surface area contributed by atoms with Crippen LogP contribution in [0.15, 0.2) is 0 Å². The molecule has 0 bridgehead atoms. The highest BCUT2D eigenvalue weighted by Gasteiger charge is 2.36. The Hall–Kier alpha value is -0.290. The Morgan fingerprint density at radius 2 is 1.88 bits per heavy atom. The molecule has 50 valence electrons. The normalized spacial score (nSPS) is 16.1. The van der Waals surface area contributed by atoms with E-state index in [2.05, 4.69) is 0 Å². The topological polar surface area (TPSA) is 40.5 Å². The van der Waals surface area contributed by atoms with Crippen LogP contribution in [0, 0.1) is 0 Å². The lowest BCUT2D eigenvalue weighted by Crippen LogP contribution is -2.31. The van der Waals surface area contributed by atoms with Gasteiger partial charge in [0.25, 0.3) is 0 Å². The predicted octanol–water partition coefficient (Wildman–Crippen LogP) is -0.0981. The molecule has 0 aromatic carbocycles. The van der Waals surface area contributed by atoms with Gasteiger partial charge >= 0.3 is 6.11 Å². The van der Waals surface area contributed by atoms with Gasteiger partial charge in [0.15, 0.2) is 0 Å². The SMILES string of the molecule is OCC(F)C(O)(F)F. The van der Waals surface area contributed by atoms with Crippen molar-refractivity contribution in [1.82, 2.24) is 0 Å². The summed E-state index contributed by atoms with van der Waals surface area (Å²) in [5.74, 6) is 0. The van der Waals surface area contributed by atoms with Crippen LogP contribution in [0.3, 0.4) is 0 Å². The Bertz CT molecular complexity index is 69.4. The fraction of sp³-hybridized carbons (Fsp3) is 1.00. The molecule has 1 unspecified atom stereocenters. The maximum absolute atomic E-state index is 11.4. The van der Waals surface area contributed by atoms with Crippen molar-refractivity contribution in [3.63, 3.8) is 0 Å². The van der Waals surface area contributed by atoms with Gasteiger partial charge in [0, 0.05) is 0 Å². The second-order valence-corrected chi connectivity index (χ2v) is 1.24. The average molecular weight is 130 g/mol. The quantitative estimate of drug-likeness (QED) is 0.548. The lowest BCUT2D eigenvalue weighted by molar-refractivity contribution is -0.246. The number of hydrogen-bond donors (Lipinski definition) is 2. The number of halogens is 3. The van der Waals surface area contributed by atoms with Gasteiger partial charge in [-0.15, -0.1) is 0 Å². The molecule has 0 rings (SSSR count). The Labute approximate surface area is 43.6 Å². The first-order valence-corrected chi connectivity index (χ1v) is 1.83. The number of alkyl halides is 3. The molecule has 8 heavy (non-hydrogen) atoms. The van der Waals surface area contributed by atoms with Gasteiger partial charge in [-0.3, -0.25) is 0 Å². The molecule has 0 aromatic rings. The summed E-state index contributed by atoms with van der Waals surface area (Å²) in [6.45, 7) is -1.37. The summed E-state index contributed by atoms with van der Waals surface area (Å²) in [5.41, 5.74) is 0. The molecular weight excluding hydrogens is 125 g/mol. The highest BCUT2D eigenvalue weighted by molar-refractivity contribution is 4.61. The zero-order valence-corrected chi connectivity index (χ0v) is 3.81. The van der Waals surface area contributed by atoms with E-state index in [1.165, 1.54) is 0 Å². The smallest absolute Gasteiger partial charge is 0.386 e. The summed E-state index contributed by atoms with van der Waals surface area (Å²) >= 11 is 0. The number of rotatable bonds is 2. The lowest BCUT2D eigenvalue weighted by atomic mass is 10.4. The minimum Gasteiger partial charge on any atom is -0.393 e. The van der Waals surface area contributed by atoms with E-state index in [0.717, 1.165) is 0 Å². The van der Waals surface area contributed by atoms with E-state index in [0.29, 0.717) is 0 Å². The van der Waals surface area contributed by atoms with E-state index < -0.39 is 18.9 Å². The number of aliphatic hydroxyl groups is 2. The first-order chi connectivity index (χ1) is 3.48. The summed E-state index contributed by atoms with van der Waals surface area (Å²) < 4.78 is 33.7. The van der Waals surface area contributed by atoms with Crippen molar-refractivity contribution in [2.24, 2.45) is 0 Å². The molecule has 0 aliphatic rings. The molecular formula is C3H5F3O2. The largest absolute Gasteiger partial charge is 0.393 e. The number of aliphatic hydroxyl groups excluding tert-OH is 1. The monoisotopic (exact) mass is 130 g/mol. The molecule has 0 aliphatic heterocycles. The minimum absolute atomic E-state index is 1.37. The van der Waals surface area contributed by atoms with Gasteiger partial charge in [0.1, 0.15) is 0 Å². The predicted molar refractivity (Wildman–Crippen MR) is 19.1 cm³/mol. The lowest BCUT2D eigenvalue weighted by Gasteiger charge is -2.09. The van der Waals surface area contributed by atoms with Gasteiger partial charge in [0.05, 0.1) is 6.61 Å². The van der Waals surface area contributed by atoms with Crippen LogP contribution in [0.25, 0.3) is 0 Å². The summed E-state index contributed by atoms with van der Waals surface area (Å²) in [6.07, 6.45) is -7.28. The van der Waals surface area contributed by atoms with Crippen molar-refractivity contribution < 1.29 is 23.4 Å². The van der Waals surface area contributed by atoms with Crippen LogP contribution in [-0.2, 0) is 0 Å². The van der Waals surface area contributed by atoms with Crippen LogP contribution >= 0.6 is 0 Å². The second kappa shape index (κ2) is 2.32. The van der Waals surface area contributed by atoms with Crippen molar-refractivity contribution in [3.05, 3.63) is 0 Å². The van der Waals surface area contributed by atoms with Crippen LogP contribution in [0.5, 0.6) is 0 Å². The summed E-state index contributed by atoms with van der Waals surface area (Å²) in [4.78, 5) is 0. The molecule has 0 saturated heterocycles. The van der Waals surface area contributed by atoms with E-state index in [1.807, 2.05) is 0 Å². The first kappa shape index (κ1) is 7.71. The van der Waals surface area contributed by atoms with Gasteiger partial charge < -0.3 is 10.2 Å². The molecule has 0 saturated carbocycles. The highest BCUT2D eigenvalue weighted by atomic mass is 19.3. The zero-order chi connectivity index (χ0) is 6.78. The standard InChI is InChI=1S/C3H5F3O2/c4-2(1-7)3(5,6)8/h2,7-8H,1H2. The van der Waals surface area contributed by atoms with Crippen molar-refractivity contribution in [3.8, 4) is 0 Å². The van der Waals surface area contributed by atoms with Gasteiger partial charge in [-0.05, 0) is 0 Å². The Kier molecular flexibility index (Phi) is 2.24. The van der Waals surface area contributed by atoms with E-state index >= 15 is 0 Å². The molecule has 2 nitrogen and oxygen atoms in total. The highest BCUT2D eigenvalue weighted by Crippen LogP contribution is 2.15. The van der Waals surface area contributed by atoms with Crippen LogP contribution in [0.2, 0.25) is 0 Å². The zero-order valence-electron chi connectivity index (χ0n) is 3.81. The molecule has 1 atom stereocenters. The average Bonchev–Trinajstić information content (AvgIpc) is 1.62. The van der Waals surface area contributed by atoms with Crippen LogP contribution in [0.1, 0.15) is 0 Å². The molecule has 0 aliphatic carbocycles. The third kappa shape index (κ3) is 2.13. The first-order valence-electron chi connectivity index (χ1n) is 1.83. The van der Waals surface area contributed by atoms with Crippen molar-refractivity contribution >= 4 is 0 Å². The van der Waals surface area contributed by atoms with Crippen molar-refractivity contribution in [2.75, 3.05) is 6.61 Å². The summed E-state index contributed by atoms with van der Waals surface area (Å²) in [7, 11) is 0. The van der Waals surface area contributed by atoms with Crippen LogP contribution in [-0.4, -0.2) is 29.1 Å². The molecule has 0 fully saturated rings. The molecule has 0 aromatic heterocycles. The van der Waals surface area contributed by atoms with Crippen molar-refractivity contribution in [1.29, 1.82) is 0 Å². The van der Waals surface area contributed by atoms with Crippen LogP contribution < -0.4 is 0 Å².